The standard InChI is InChI=1S/C29H26ClN3OS/c1-4-21-6-5-7-25-22(17-32(27(21)25)16-20-9-11-23(30)12-10-20)15-26-28(34)33(29(35)31-26)24-13-8-18(2)19(3)14-24/h5-15,17H,4,16H2,1-3H3,(H,31,35)/b26-15-. The largest absolute Gasteiger partial charge is 0.342 e. The van der Waals surface area contributed by atoms with Crippen LogP contribution in [0.1, 0.15) is 34.7 Å². The van der Waals surface area contributed by atoms with Crippen molar-refractivity contribution in [1.82, 2.24) is 9.88 Å². The third-order valence-corrected chi connectivity index (χ3v) is 7.12. The molecule has 3 aromatic carbocycles. The molecule has 0 unspecified atom stereocenters. The van der Waals surface area contributed by atoms with Crippen molar-refractivity contribution in [1.29, 1.82) is 0 Å². The fourth-order valence-electron chi connectivity index (χ4n) is 4.57. The molecule has 1 aliphatic heterocycles. The number of hydrogen-bond donors (Lipinski definition) is 1. The van der Waals surface area contributed by atoms with Gasteiger partial charge in [0.05, 0.1) is 11.2 Å². The number of hydrogen-bond acceptors (Lipinski definition) is 2. The molecule has 1 amide bonds. The summed E-state index contributed by atoms with van der Waals surface area (Å²) in [4.78, 5) is 15.0. The Bertz CT molecular complexity index is 1500. The van der Waals surface area contributed by atoms with Crippen LogP contribution in [-0.2, 0) is 17.8 Å². The molecular weight excluding hydrogens is 474 g/mol. The number of rotatable bonds is 5. The number of thiocarbonyl (C=S) groups is 1. The van der Waals surface area contributed by atoms with Crippen LogP contribution in [0.15, 0.2) is 72.6 Å². The molecule has 0 atom stereocenters. The van der Waals surface area contributed by atoms with E-state index in [4.69, 9.17) is 23.8 Å². The second-order valence-electron chi connectivity index (χ2n) is 8.90. The van der Waals surface area contributed by atoms with Gasteiger partial charge in [-0.1, -0.05) is 54.9 Å². The number of halogens is 1. The number of benzene rings is 3. The number of anilines is 1. The minimum Gasteiger partial charge on any atom is -0.342 e. The summed E-state index contributed by atoms with van der Waals surface area (Å²) in [7, 11) is 0. The lowest BCUT2D eigenvalue weighted by molar-refractivity contribution is -0.113. The average Bonchev–Trinajstić information content (AvgIpc) is 3.33. The summed E-state index contributed by atoms with van der Waals surface area (Å²) in [6.45, 7) is 6.96. The van der Waals surface area contributed by atoms with Gasteiger partial charge in [0.2, 0.25) is 0 Å². The van der Waals surface area contributed by atoms with Crippen molar-refractivity contribution in [3.05, 3.63) is 105 Å². The normalized spacial score (nSPS) is 14.9. The van der Waals surface area contributed by atoms with Crippen molar-refractivity contribution in [2.24, 2.45) is 0 Å². The van der Waals surface area contributed by atoms with Crippen LogP contribution >= 0.6 is 23.8 Å². The number of nitrogens with zero attached hydrogens (tertiary/aromatic N) is 2. The van der Waals surface area contributed by atoms with Crippen molar-refractivity contribution in [2.75, 3.05) is 4.90 Å². The zero-order valence-electron chi connectivity index (χ0n) is 19.9. The quantitative estimate of drug-likeness (QED) is 0.243. The third-order valence-electron chi connectivity index (χ3n) is 6.59. The van der Waals surface area contributed by atoms with Crippen LogP contribution in [-0.4, -0.2) is 15.6 Å². The minimum absolute atomic E-state index is 0.150. The van der Waals surface area contributed by atoms with Crippen LogP contribution in [0.2, 0.25) is 5.02 Å². The van der Waals surface area contributed by atoms with E-state index in [0.29, 0.717) is 17.4 Å². The van der Waals surface area contributed by atoms with E-state index >= 15 is 0 Å². The predicted molar refractivity (Wildman–Crippen MR) is 149 cm³/mol. The number of carbonyl (C=O) groups excluding carboxylic acids is 1. The Morgan fingerprint density at radius 3 is 2.51 bits per heavy atom. The van der Waals surface area contributed by atoms with E-state index in [2.05, 4.69) is 48.1 Å². The fourth-order valence-corrected chi connectivity index (χ4v) is 4.99. The third kappa shape index (κ3) is 4.38. The zero-order chi connectivity index (χ0) is 24.7. The summed E-state index contributed by atoms with van der Waals surface area (Å²) in [5, 5.41) is 5.36. The Hall–Kier alpha value is -3.41. The monoisotopic (exact) mass is 499 g/mol. The molecule has 2 heterocycles. The van der Waals surface area contributed by atoms with Gasteiger partial charge in [0.25, 0.3) is 5.91 Å². The highest BCUT2D eigenvalue weighted by atomic mass is 35.5. The van der Waals surface area contributed by atoms with E-state index in [1.54, 1.807) is 4.90 Å². The number of carbonyl (C=O) groups is 1. The van der Waals surface area contributed by atoms with Gasteiger partial charge in [-0.15, -0.1) is 0 Å². The molecule has 1 saturated heterocycles. The van der Waals surface area contributed by atoms with Crippen LogP contribution in [0.3, 0.4) is 0 Å². The van der Waals surface area contributed by atoms with E-state index in [1.807, 2.05) is 55.5 Å². The van der Waals surface area contributed by atoms with Gasteiger partial charge in [0, 0.05) is 28.7 Å². The predicted octanol–water partition coefficient (Wildman–Crippen LogP) is 6.78. The van der Waals surface area contributed by atoms with E-state index in [0.717, 1.165) is 39.2 Å². The van der Waals surface area contributed by atoms with Crippen LogP contribution in [0.4, 0.5) is 5.69 Å². The van der Waals surface area contributed by atoms with E-state index in [1.165, 1.54) is 16.6 Å². The molecule has 176 valence electrons. The maximum absolute atomic E-state index is 13.4. The number of aryl methyl sites for hydroxylation is 3. The lowest BCUT2D eigenvalue weighted by Gasteiger charge is -2.15. The molecule has 0 spiro atoms. The Labute approximate surface area is 215 Å². The number of aromatic nitrogens is 1. The van der Waals surface area contributed by atoms with Gasteiger partial charge >= 0.3 is 0 Å². The van der Waals surface area contributed by atoms with Crippen LogP contribution in [0.5, 0.6) is 0 Å². The van der Waals surface area contributed by atoms with Gasteiger partial charge in [-0.05, 0) is 85.1 Å². The number of fused-ring (bicyclic) bond motifs is 1. The summed E-state index contributed by atoms with van der Waals surface area (Å²) in [5.74, 6) is -0.150. The van der Waals surface area contributed by atoms with Crippen LogP contribution < -0.4 is 10.2 Å². The van der Waals surface area contributed by atoms with Crippen molar-refractivity contribution in [2.45, 2.75) is 33.7 Å². The van der Waals surface area contributed by atoms with E-state index in [9.17, 15) is 4.79 Å². The summed E-state index contributed by atoms with van der Waals surface area (Å²) < 4.78 is 2.25. The maximum atomic E-state index is 13.4. The maximum Gasteiger partial charge on any atom is 0.281 e. The molecule has 35 heavy (non-hydrogen) atoms. The highest BCUT2D eigenvalue weighted by Gasteiger charge is 2.32. The van der Waals surface area contributed by atoms with Crippen molar-refractivity contribution >= 4 is 57.5 Å². The zero-order valence-corrected chi connectivity index (χ0v) is 21.5. The molecule has 0 saturated carbocycles. The molecule has 0 aliphatic carbocycles. The smallest absolute Gasteiger partial charge is 0.281 e. The molecule has 1 N–H and O–H groups in total. The highest BCUT2D eigenvalue weighted by Crippen LogP contribution is 2.30. The molecule has 1 aromatic heterocycles. The Morgan fingerprint density at radius 1 is 1.03 bits per heavy atom. The minimum atomic E-state index is -0.150. The summed E-state index contributed by atoms with van der Waals surface area (Å²) in [6, 6.07) is 20.2. The highest BCUT2D eigenvalue weighted by molar-refractivity contribution is 7.80. The molecule has 5 rings (SSSR count). The molecule has 1 aliphatic rings. The lowest BCUT2D eigenvalue weighted by atomic mass is 10.1. The first-order valence-corrected chi connectivity index (χ1v) is 12.4. The summed E-state index contributed by atoms with van der Waals surface area (Å²) in [6.07, 6.45) is 4.94. The Morgan fingerprint density at radius 2 is 1.80 bits per heavy atom. The summed E-state index contributed by atoms with van der Waals surface area (Å²) in [5.41, 5.74) is 8.12. The molecular formula is C29H26ClN3OS. The molecule has 1 fully saturated rings. The van der Waals surface area contributed by atoms with Gasteiger partial charge in [-0.3, -0.25) is 9.69 Å². The number of nitrogens with one attached hydrogen (secondary N) is 1. The molecule has 6 heteroatoms. The topological polar surface area (TPSA) is 37.3 Å². The number of para-hydroxylation sites is 1. The van der Waals surface area contributed by atoms with Crippen LogP contribution in [0, 0.1) is 13.8 Å². The second kappa shape index (κ2) is 9.33. The SMILES string of the molecule is CCc1cccc2c(/C=C3\NC(=S)N(c4ccc(C)c(C)c4)C3=O)cn(Cc3ccc(Cl)cc3)c12. The second-order valence-corrected chi connectivity index (χ2v) is 9.73. The summed E-state index contributed by atoms with van der Waals surface area (Å²) >= 11 is 11.6. The first-order chi connectivity index (χ1) is 16.9. The Balaban J connectivity index is 1.56. The van der Waals surface area contributed by atoms with Crippen molar-refractivity contribution in [3.63, 3.8) is 0 Å². The Kier molecular flexibility index (Phi) is 6.22. The average molecular weight is 500 g/mol. The molecule has 0 radical (unpaired) electrons. The van der Waals surface area contributed by atoms with Crippen molar-refractivity contribution in [3.8, 4) is 0 Å². The first kappa shape index (κ1) is 23.3. The van der Waals surface area contributed by atoms with Gasteiger partial charge < -0.3 is 9.88 Å². The van der Waals surface area contributed by atoms with E-state index < -0.39 is 0 Å². The van der Waals surface area contributed by atoms with Gasteiger partial charge in [-0.2, -0.15) is 0 Å². The van der Waals surface area contributed by atoms with Gasteiger partial charge in [0.1, 0.15) is 5.70 Å². The molecule has 0 bridgehead atoms. The first-order valence-electron chi connectivity index (χ1n) is 11.6. The van der Waals surface area contributed by atoms with E-state index in [-0.39, 0.29) is 5.91 Å². The molecule has 4 aromatic rings. The van der Waals surface area contributed by atoms with Crippen molar-refractivity contribution < 1.29 is 4.79 Å². The van der Waals surface area contributed by atoms with Gasteiger partial charge in [-0.25, -0.2) is 0 Å². The molecule has 4 nitrogen and oxygen atoms in total. The fraction of sp³-hybridized carbons (Fsp3) is 0.172. The number of amides is 1. The lowest BCUT2D eigenvalue weighted by Crippen LogP contribution is -2.30. The van der Waals surface area contributed by atoms with Gasteiger partial charge in [0.15, 0.2) is 5.11 Å². The van der Waals surface area contributed by atoms with Crippen LogP contribution in [0.25, 0.3) is 17.0 Å².